The van der Waals surface area contributed by atoms with Crippen LogP contribution in [-0.2, 0) is 0 Å². The van der Waals surface area contributed by atoms with Gasteiger partial charge in [0.1, 0.15) is 6.17 Å². The van der Waals surface area contributed by atoms with Crippen molar-refractivity contribution >= 4 is 48.8 Å². The maximum absolute atomic E-state index is 5.27. The monoisotopic (exact) mass is 700 g/mol. The number of allylic oxidation sites excluding steroid dienone is 2. The maximum Gasteiger partial charge on any atom is 0.141 e. The number of fused-ring (bicyclic) bond motifs is 5. The fraction of sp³-hybridized carbons (Fsp3) is 0.0377. The van der Waals surface area contributed by atoms with E-state index >= 15 is 0 Å². The van der Waals surface area contributed by atoms with Crippen LogP contribution in [0.15, 0.2) is 211 Å². The van der Waals surface area contributed by atoms with Gasteiger partial charge in [-0.15, -0.1) is 0 Å². The lowest BCUT2D eigenvalue weighted by atomic mass is 9.81. The molecule has 0 aliphatic carbocycles. The Kier molecular flexibility index (Phi) is 7.34. The van der Waals surface area contributed by atoms with Gasteiger partial charge in [0, 0.05) is 6.20 Å². The van der Waals surface area contributed by atoms with Gasteiger partial charge in [0.15, 0.2) is 0 Å². The first-order valence-electron chi connectivity index (χ1n) is 19.1. The second-order valence-corrected chi connectivity index (χ2v) is 14.5. The minimum atomic E-state index is -0.000709. The summed E-state index contributed by atoms with van der Waals surface area (Å²) < 4.78 is 0. The van der Waals surface area contributed by atoms with Gasteiger partial charge in [-0.1, -0.05) is 188 Å². The van der Waals surface area contributed by atoms with Gasteiger partial charge in [-0.05, 0) is 99.7 Å². The van der Waals surface area contributed by atoms with E-state index in [4.69, 9.17) is 4.99 Å². The fourth-order valence-electron chi connectivity index (χ4n) is 9.23. The van der Waals surface area contributed by atoms with Crippen LogP contribution in [0.2, 0.25) is 0 Å². The Bertz CT molecular complexity index is 2910. The summed E-state index contributed by atoms with van der Waals surface area (Å²) in [6.45, 7) is 0. The standard InChI is InChI=1S/C53H36N2/c1-3-17-35(18-4-1)48-39-21-7-11-25-43(39)50(44-26-12-8-22-40(44)48)51-45-27-13-9-23-41(45)49(42-24-10-14-28-46(42)51)36-30-32-37(33-31-36)52-53(38-19-5-2-6-20-38)55-34-16-15-29-47(55)54-52/h1-34,47,53H. The summed E-state index contributed by atoms with van der Waals surface area (Å²) >= 11 is 0. The molecule has 2 aliphatic rings. The molecule has 0 spiro atoms. The number of nitrogens with zero attached hydrogens (tertiary/aromatic N) is 2. The topological polar surface area (TPSA) is 15.6 Å². The zero-order chi connectivity index (χ0) is 36.3. The van der Waals surface area contributed by atoms with Gasteiger partial charge in [-0.3, -0.25) is 4.99 Å². The van der Waals surface area contributed by atoms with Gasteiger partial charge in [0.2, 0.25) is 0 Å². The quantitative estimate of drug-likeness (QED) is 0.163. The molecule has 0 radical (unpaired) electrons. The van der Waals surface area contributed by atoms with Crippen molar-refractivity contribution in [1.29, 1.82) is 0 Å². The molecule has 0 fully saturated rings. The van der Waals surface area contributed by atoms with Crippen molar-refractivity contribution < 1.29 is 0 Å². The van der Waals surface area contributed by atoms with E-state index in [1.807, 2.05) is 0 Å². The van der Waals surface area contributed by atoms with Crippen molar-refractivity contribution in [2.45, 2.75) is 12.2 Å². The van der Waals surface area contributed by atoms with Crippen LogP contribution in [0.25, 0.3) is 76.5 Å². The van der Waals surface area contributed by atoms with E-state index in [0.717, 1.165) is 11.3 Å². The van der Waals surface area contributed by atoms with Crippen molar-refractivity contribution in [3.63, 3.8) is 0 Å². The molecule has 2 heterocycles. The summed E-state index contributed by atoms with van der Waals surface area (Å²) in [7, 11) is 0. The van der Waals surface area contributed by atoms with Gasteiger partial charge >= 0.3 is 0 Å². The minimum Gasteiger partial charge on any atom is -0.340 e. The van der Waals surface area contributed by atoms with Crippen LogP contribution >= 0.6 is 0 Å². The highest BCUT2D eigenvalue weighted by Crippen LogP contribution is 2.50. The van der Waals surface area contributed by atoms with Crippen LogP contribution in [0.4, 0.5) is 0 Å². The van der Waals surface area contributed by atoms with Crippen LogP contribution < -0.4 is 0 Å². The molecular weight excluding hydrogens is 665 g/mol. The van der Waals surface area contributed by atoms with E-state index < -0.39 is 0 Å². The van der Waals surface area contributed by atoms with Gasteiger partial charge < -0.3 is 4.90 Å². The third-order valence-electron chi connectivity index (χ3n) is 11.5. The van der Waals surface area contributed by atoms with E-state index in [1.54, 1.807) is 0 Å². The van der Waals surface area contributed by atoms with Gasteiger partial charge in [0.25, 0.3) is 0 Å². The largest absolute Gasteiger partial charge is 0.340 e. The second-order valence-electron chi connectivity index (χ2n) is 14.5. The lowest BCUT2D eigenvalue weighted by Crippen LogP contribution is -2.29. The van der Waals surface area contributed by atoms with E-state index in [1.165, 1.54) is 82.0 Å². The Morgan fingerprint density at radius 3 is 1.20 bits per heavy atom. The number of hydrogen-bond acceptors (Lipinski definition) is 2. The molecule has 11 rings (SSSR count). The van der Waals surface area contributed by atoms with E-state index in [2.05, 4.69) is 211 Å². The van der Waals surface area contributed by atoms with Crippen LogP contribution in [0.3, 0.4) is 0 Å². The first-order valence-corrected chi connectivity index (χ1v) is 19.1. The van der Waals surface area contributed by atoms with Crippen molar-refractivity contribution in [2.75, 3.05) is 0 Å². The molecule has 2 heteroatoms. The van der Waals surface area contributed by atoms with E-state index in [0.29, 0.717) is 0 Å². The Morgan fingerprint density at radius 2 is 0.727 bits per heavy atom. The molecule has 0 saturated carbocycles. The smallest absolute Gasteiger partial charge is 0.141 e. The third-order valence-corrected chi connectivity index (χ3v) is 11.5. The average Bonchev–Trinajstić information content (AvgIpc) is 3.65. The molecule has 0 bridgehead atoms. The van der Waals surface area contributed by atoms with Crippen molar-refractivity contribution in [2.24, 2.45) is 4.99 Å². The molecule has 0 aromatic heterocycles. The molecule has 0 saturated heterocycles. The number of benzene rings is 9. The highest BCUT2D eigenvalue weighted by atomic mass is 15.3. The zero-order valence-electron chi connectivity index (χ0n) is 30.2. The van der Waals surface area contributed by atoms with Crippen LogP contribution in [0.5, 0.6) is 0 Å². The van der Waals surface area contributed by atoms with E-state index in [-0.39, 0.29) is 12.2 Å². The van der Waals surface area contributed by atoms with Crippen molar-refractivity contribution in [3.8, 4) is 33.4 Å². The van der Waals surface area contributed by atoms with Crippen LogP contribution in [-0.4, -0.2) is 16.8 Å². The Labute approximate surface area is 320 Å². The molecular formula is C53H36N2. The Morgan fingerprint density at radius 1 is 0.345 bits per heavy atom. The molecule has 0 N–H and O–H groups in total. The maximum atomic E-state index is 5.27. The Hall–Kier alpha value is -7.03. The lowest BCUT2D eigenvalue weighted by Gasteiger charge is -2.29. The van der Waals surface area contributed by atoms with Crippen molar-refractivity contribution in [3.05, 3.63) is 218 Å². The Balaban J connectivity index is 1.14. The first-order chi connectivity index (χ1) is 27.3. The predicted octanol–water partition coefficient (Wildman–Crippen LogP) is 13.6. The summed E-state index contributed by atoms with van der Waals surface area (Å²) in [4.78, 5) is 7.62. The minimum absolute atomic E-state index is 0.000709. The van der Waals surface area contributed by atoms with Gasteiger partial charge in [-0.25, -0.2) is 0 Å². The molecule has 0 amide bonds. The normalized spacial score (nSPS) is 16.3. The number of aliphatic imine (C=N–C) groups is 1. The highest BCUT2D eigenvalue weighted by Gasteiger charge is 2.35. The molecule has 258 valence electrons. The first kappa shape index (κ1) is 31.5. The summed E-state index contributed by atoms with van der Waals surface area (Å²) in [5, 5.41) is 10.1. The highest BCUT2D eigenvalue weighted by molar-refractivity contribution is 6.30. The average molecular weight is 701 g/mol. The zero-order valence-corrected chi connectivity index (χ0v) is 30.2. The van der Waals surface area contributed by atoms with Gasteiger partial charge in [0.05, 0.1) is 11.8 Å². The predicted molar refractivity (Wildman–Crippen MR) is 232 cm³/mol. The molecule has 2 aliphatic heterocycles. The SMILES string of the molecule is C1=CC2N=C(c3ccc(-c4c5ccccc5c(-c5c6ccccc6c(-c6ccccc6)c6ccccc56)c5ccccc45)cc3)C(c3ccccc3)N2C=C1. The second kappa shape index (κ2) is 12.8. The number of rotatable bonds is 5. The molecule has 55 heavy (non-hydrogen) atoms. The molecule has 9 aromatic carbocycles. The van der Waals surface area contributed by atoms with Gasteiger partial charge in [-0.2, -0.15) is 0 Å². The summed E-state index contributed by atoms with van der Waals surface area (Å²) in [5.74, 6) is 0. The summed E-state index contributed by atoms with van der Waals surface area (Å²) in [5.41, 5.74) is 11.0. The summed E-state index contributed by atoms with van der Waals surface area (Å²) in [6.07, 6.45) is 8.56. The van der Waals surface area contributed by atoms with Crippen molar-refractivity contribution in [1.82, 2.24) is 4.90 Å². The molecule has 2 atom stereocenters. The third kappa shape index (κ3) is 4.99. The van der Waals surface area contributed by atoms with Crippen LogP contribution in [0, 0.1) is 0 Å². The lowest BCUT2D eigenvalue weighted by molar-refractivity contribution is 0.321. The molecule has 2 nitrogen and oxygen atoms in total. The fourth-order valence-corrected chi connectivity index (χ4v) is 9.23. The molecule has 9 aromatic rings. The number of hydrogen-bond donors (Lipinski definition) is 0. The molecule has 2 unspecified atom stereocenters. The van der Waals surface area contributed by atoms with E-state index in [9.17, 15) is 0 Å². The van der Waals surface area contributed by atoms with Crippen LogP contribution in [0.1, 0.15) is 17.2 Å². The summed E-state index contributed by atoms with van der Waals surface area (Å²) in [6, 6.07) is 66.7.